The first-order valence-corrected chi connectivity index (χ1v) is 9.33. The van der Waals surface area contributed by atoms with Crippen LogP contribution in [0.2, 0.25) is 0 Å². The highest BCUT2D eigenvalue weighted by Crippen LogP contribution is 2.33. The molecule has 3 unspecified atom stereocenters. The Bertz CT molecular complexity index is 459. The molecule has 1 amide bonds. The predicted octanol–water partition coefficient (Wildman–Crippen LogP) is 0.847. The number of hydrogen-bond acceptors (Lipinski definition) is 4. The monoisotopic (exact) mass is 302 g/mol. The van der Waals surface area contributed by atoms with Crippen LogP contribution in [0.5, 0.6) is 0 Å². The Morgan fingerprint density at radius 2 is 1.95 bits per heavy atom. The molecular weight excluding hydrogens is 276 g/mol. The van der Waals surface area contributed by atoms with Gasteiger partial charge in [-0.1, -0.05) is 12.8 Å². The summed E-state index contributed by atoms with van der Waals surface area (Å²) in [6.45, 7) is 3.45. The summed E-state index contributed by atoms with van der Waals surface area (Å²) in [7, 11) is -3.18. The van der Waals surface area contributed by atoms with Gasteiger partial charge in [-0.3, -0.25) is 4.79 Å². The zero-order valence-corrected chi connectivity index (χ0v) is 13.4. The third kappa shape index (κ3) is 3.34. The van der Waals surface area contributed by atoms with Crippen molar-refractivity contribution in [1.29, 1.82) is 0 Å². The first kappa shape index (κ1) is 15.8. The lowest BCUT2D eigenvalue weighted by Crippen LogP contribution is -2.49. The Balaban J connectivity index is 1.87. The molecule has 2 fully saturated rings. The summed E-state index contributed by atoms with van der Waals surface area (Å²) in [5.41, 5.74) is 0. The van der Waals surface area contributed by atoms with Crippen LogP contribution in [0.25, 0.3) is 0 Å². The van der Waals surface area contributed by atoms with E-state index in [0.717, 1.165) is 12.8 Å². The van der Waals surface area contributed by atoms with Gasteiger partial charge in [0.2, 0.25) is 5.91 Å². The van der Waals surface area contributed by atoms with Crippen LogP contribution < -0.4 is 10.6 Å². The Labute approximate surface area is 121 Å². The van der Waals surface area contributed by atoms with Crippen molar-refractivity contribution in [3.05, 3.63) is 0 Å². The maximum atomic E-state index is 12.2. The van der Waals surface area contributed by atoms with Gasteiger partial charge in [-0.05, 0) is 39.0 Å². The van der Waals surface area contributed by atoms with E-state index in [0.29, 0.717) is 12.0 Å². The highest BCUT2D eigenvalue weighted by Gasteiger charge is 2.39. The van der Waals surface area contributed by atoms with Gasteiger partial charge < -0.3 is 10.6 Å². The standard InChI is InChI=1S/C14H26N2O3S/c1-14(2,20(3,18)19)9-15-13(17)12-8-10-6-4-5-7-11(10)16-12/h10-12,16H,4-9H2,1-3H3,(H,15,17). The maximum Gasteiger partial charge on any atom is 0.237 e. The third-order valence-electron chi connectivity index (χ3n) is 4.87. The van der Waals surface area contributed by atoms with Crippen LogP contribution in [0.1, 0.15) is 46.0 Å². The number of carbonyl (C=O) groups excluding carboxylic acids is 1. The Kier molecular flexibility index (Phi) is 4.44. The van der Waals surface area contributed by atoms with Gasteiger partial charge in [0.1, 0.15) is 0 Å². The molecule has 0 radical (unpaired) electrons. The molecule has 1 aliphatic carbocycles. The van der Waals surface area contributed by atoms with Gasteiger partial charge in [0.15, 0.2) is 9.84 Å². The minimum Gasteiger partial charge on any atom is -0.353 e. The molecule has 2 N–H and O–H groups in total. The van der Waals surface area contributed by atoms with Crippen molar-refractivity contribution in [1.82, 2.24) is 10.6 Å². The van der Waals surface area contributed by atoms with E-state index in [1.807, 2.05) is 0 Å². The van der Waals surface area contributed by atoms with Gasteiger partial charge in [-0.15, -0.1) is 0 Å². The second kappa shape index (κ2) is 5.64. The van der Waals surface area contributed by atoms with Crippen molar-refractivity contribution in [2.24, 2.45) is 5.92 Å². The molecule has 5 nitrogen and oxygen atoms in total. The molecule has 0 bridgehead atoms. The van der Waals surface area contributed by atoms with Crippen LogP contribution >= 0.6 is 0 Å². The molecule has 1 saturated carbocycles. The normalized spacial score (nSPS) is 30.9. The van der Waals surface area contributed by atoms with Gasteiger partial charge in [-0.25, -0.2) is 8.42 Å². The molecule has 116 valence electrons. The summed E-state index contributed by atoms with van der Waals surface area (Å²) >= 11 is 0. The third-order valence-corrected chi connectivity index (χ3v) is 7.02. The Morgan fingerprint density at radius 1 is 1.30 bits per heavy atom. The molecule has 1 aliphatic heterocycles. The average molecular weight is 302 g/mol. The van der Waals surface area contributed by atoms with Crippen LogP contribution in [0.15, 0.2) is 0 Å². The zero-order valence-electron chi connectivity index (χ0n) is 12.6. The summed E-state index contributed by atoms with van der Waals surface area (Å²) in [5, 5.41) is 6.21. The number of rotatable bonds is 4. The van der Waals surface area contributed by atoms with Gasteiger partial charge in [0.05, 0.1) is 10.8 Å². The smallest absolute Gasteiger partial charge is 0.237 e. The SMILES string of the molecule is CC(C)(CNC(=O)C1CC2CCCCC2N1)S(C)(=O)=O. The van der Waals surface area contributed by atoms with E-state index in [9.17, 15) is 13.2 Å². The van der Waals surface area contributed by atoms with Crippen molar-refractivity contribution in [3.8, 4) is 0 Å². The van der Waals surface area contributed by atoms with E-state index in [-0.39, 0.29) is 18.5 Å². The quantitative estimate of drug-likeness (QED) is 0.807. The minimum atomic E-state index is -3.18. The molecule has 3 atom stereocenters. The lowest BCUT2D eigenvalue weighted by molar-refractivity contribution is -0.123. The largest absolute Gasteiger partial charge is 0.353 e. The fourth-order valence-corrected chi connectivity index (χ4v) is 3.41. The van der Waals surface area contributed by atoms with Crippen LogP contribution in [-0.4, -0.2) is 44.0 Å². The van der Waals surface area contributed by atoms with Crippen LogP contribution in [-0.2, 0) is 14.6 Å². The zero-order chi connectivity index (χ0) is 15.0. The minimum absolute atomic E-state index is 0.0591. The van der Waals surface area contributed by atoms with Crippen LogP contribution in [0.4, 0.5) is 0 Å². The number of sulfone groups is 1. The second-order valence-corrected chi connectivity index (χ2v) is 9.51. The fourth-order valence-electron chi connectivity index (χ4n) is 3.08. The summed E-state index contributed by atoms with van der Waals surface area (Å²) in [6, 6.07) is 0.320. The first-order valence-electron chi connectivity index (χ1n) is 7.44. The number of amides is 1. The van der Waals surface area contributed by atoms with E-state index >= 15 is 0 Å². The van der Waals surface area contributed by atoms with Gasteiger partial charge in [0, 0.05) is 18.8 Å². The molecule has 0 aromatic rings. The molecule has 0 aromatic carbocycles. The number of fused-ring (bicyclic) bond motifs is 1. The molecule has 6 heteroatoms. The average Bonchev–Trinajstić information content (AvgIpc) is 2.78. The van der Waals surface area contributed by atoms with Crippen molar-refractivity contribution in [3.63, 3.8) is 0 Å². The maximum absolute atomic E-state index is 12.2. The van der Waals surface area contributed by atoms with E-state index < -0.39 is 14.6 Å². The van der Waals surface area contributed by atoms with Crippen LogP contribution in [0, 0.1) is 5.92 Å². The topological polar surface area (TPSA) is 75.3 Å². The molecule has 0 spiro atoms. The molecular formula is C14H26N2O3S. The number of carbonyl (C=O) groups is 1. The number of hydrogen-bond donors (Lipinski definition) is 2. The van der Waals surface area contributed by atoms with Crippen molar-refractivity contribution >= 4 is 15.7 Å². The lowest BCUT2D eigenvalue weighted by Gasteiger charge is -2.24. The molecule has 1 heterocycles. The van der Waals surface area contributed by atoms with E-state index in [2.05, 4.69) is 10.6 Å². The Hall–Kier alpha value is -0.620. The predicted molar refractivity (Wildman–Crippen MR) is 79.2 cm³/mol. The molecule has 20 heavy (non-hydrogen) atoms. The van der Waals surface area contributed by atoms with Crippen molar-refractivity contribution in [2.45, 2.75) is 62.8 Å². The summed E-state index contributed by atoms with van der Waals surface area (Å²) in [6.07, 6.45) is 6.96. The highest BCUT2D eigenvalue weighted by molar-refractivity contribution is 7.92. The Morgan fingerprint density at radius 3 is 2.55 bits per heavy atom. The highest BCUT2D eigenvalue weighted by atomic mass is 32.2. The molecule has 2 rings (SSSR count). The fraction of sp³-hybridized carbons (Fsp3) is 0.929. The van der Waals surface area contributed by atoms with Crippen molar-refractivity contribution < 1.29 is 13.2 Å². The molecule has 1 saturated heterocycles. The summed E-state index contributed by atoms with van der Waals surface area (Å²) < 4.78 is 22.3. The first-order chi connectivity index (χ1) is 9.21. The van der Waals surface area contributed by atoms with Gasteiger partial charge >= 0.3 is 0 Å². The van der Waals surface area contributed by atoms with Gasteiger partial charge in [-0.2, -0.15) is 0 Å². The lowest BCUT2D eigenvalue weighted by atomic mass is 9.85. The van der Waals surface area contributed by atoms with E-state index in [1.165, 1.54) is 25.5 Å². The number of nitrogens with one attached hydrogen (secondary N) is 2. The van der Waals surface area contributed by atoms with Gasteiger partial charge in [0.25, 0.3) is 0 Å². The molecule has 0 aromatic heterocycles. The second-order valence-electron chi connectivity index (χ2n) is 6.86. The molecule has 2 aliphatic rings. The van der Waals surface area contributed by atoms with Crippen LogP contribution in [0.3, 0.4) is 0 Å². The van der Waals surface area contributed by atoms with E-state index in [1.54, 1.807) is 13.8 Å². The van der Waals surface area contributed by atoms with E-state index in [4.69, 9.17) is 0 Å². The van der Waals surface area contributed by atoms with Crippen molar-refractivity contribution in [2.75, 3.05) is 12.8 Å². The summed E-state index contributed by atoms with van der Waals surface area (Å²) in [4.78, 5) is 12.2. The summed E-state index contributed by atoms with van der Waals surface area (Å²) in [5.74, 6) is 0.554.